The first-order chi connectivity index (χ1) is 10.3. The third-order valence-electron chi connectivity index (χ3n) is 2.96. The number of rotatable bonds is 3. The molecule has 3 N–H and O–H groups in total. The molecule has 0 spiro atoms. The lowest BCUT2D eigenvalue weighted by atomic mass is 10.1. The molecule has 2 aromatic carbocycles. The van der Waals surface area contributed by atoms with Gasteiger partial charge in [-0.1, -0.05) is 18.2 Å². The Kier molecular flexibility index (Phi) is 4.65. The van der Waals surface area contributed by atoms with Crippen LogP contribution in [0.3, 0.4) is 0 Å². The lowest BCUT2D eigenvalue weighted by Gasteiger charge is -2.13. The maximum absolute atomic E-state index is 12.9. The lowest BCUT2D eigenvalue weighted by molar-refractivity contribution is -0.138. The van der Waals surface area contributed by atoms with Gasteiger partial charge in [-0.25, -0.2) is 0 Å². The molecule has 0 unspecified atom stereocenters. The van der Waals surface area contributed by atoms with Crippen LogP contribution in [0, 0.1) is 0 Å². The van der Waals surface area contributed by atoms with Crippen molar-refractivity contribution in [2.75, 3.05) is 5.73 Å². The van der Waals surface area contributed by atoms with Crippen molar-refractivity contribution in [1.82, 2.24) is 5.32 Å². The number of benzene rings is 2. The summed E-state index contributed by atoms with van der Waals surface area (Å²) < 4.78 is 38.6. The third-order valence-corrected chi connectivity index (χ3v) is 3.22. The fraction of sp³-hybridized carbons (Fsp3) is 0.133. The van der Waals surface area contributed by atoms with Crippen molar-refractivity contribution < 1.29 is 18.0 Å². The van der Waals surface area contributed by atoms with Gasteiger partial charge in [0.15, 0.2) is 0 Å². The molecule has 22 heavy (non-hydrogen) atoms. The number of hydrogen-bond donors (Lipinski definition) is 3. The number of amides is 1. The van der Waals surface area contributed by atoms with Crippen molar-refractivity contribution in [2.45, 2.75) is 17.6 Å². The van der Waals surface area contributed by atoms with Gasteiger partial charge in [0.25, 0.3) is 5.91 Å². The van der Waals surface area contributed by atoms with Crippen molar-refractivity contribution in [2.24, 2.45) is 0 Å². The minimum atomic E-state index is -4.46. The third kappa shape index (κ3) is 3.94. The Hall–Kier alpha value is -2.15. The largest absolute Gasteiger partial charge is 0.416 e. The highest BCUT2D eigenvalue weighted by Gasteiger charge is 2.32. The van der Waals surface area contributed by atoms with E-state index >= 15 is 0 Å². The zero-order chi connectivity index (χ0) is 16.3. The average Bonchev–Trinajstić information content (AvgIpc) is 2.43. The first kappa shape index (κ1) is 16.2. The highest BCUT2D eigenvalue weighted by Crippen LogP contribution is 2.31. The van der Waals surface area contributed by atoms with Gasteiger partial charge in [-0.15, -0.1) is 12.6 Å². The van der Waals surface area contributed by atoms with Crippen LogP contribution >= 0.6 is 12.6 Å². The summed E-state index contributed by atoms with van der Waals surface area (Å²) in [4.78, 5) is 12.5. The first-order valence-electron chi connectivity index (χ1n) is 6.30. The summed E-state index contributed by atoms with van der Waals surface area (Å²) in [5.41, 5.74) is 5.44. The molecule has 3 nitrogen and oxygen atoms in total. The van der Waals surface area contributed by atoms with E-state index in [4.69, 9.17) is 5.73 Å². The topological polar surface area (TPSA) is 55.1 Å². The van der Waals surface area contributed by atoms with Gasteiger partial charge in [-0.05, 0) is 29.8 Å². The zero-order valence-corrected chi connectivity index (χ0v) is 12.2. The molecule has 0 aromatic heterocycles. The Labute approximate surface area is 130 Å². The van der Waals surface area contributed by atoms with Crippen molar-refractivity contribution in [3.05, 3.63) is 59.2 Å². The summed E-state index contributed by atoms with van der Waals surface area (Å²) in [6, 6.07) is 9.59. The molecule has 0 radical (unpaired) electrons. The van der Waals surface area contributed by atoms with E-state index in [1.807, 2.05) is 0 Å². The Bertz CT molecular complexity index is 681. The van der Waals surface area contributed by atoms with Gasteiger partial charge in [0, 0.05) is 22.7 Å². The van der Waals surface area contributed by atoms with E-state index in [1.165, 1.54) is 30.3 Å². The zero-order valence-electron chi connectivity index (χ0n) is 11.3. The number of hydrogen-bond acceptors (Lipinski definition) is 3. The second-order valence-corrected chi connectivity index (χ2v) is 5.17. The molecule has 2 aromatic rings. The number of carbonyl (C=O) groups excluding carboxylic acids is 1. The second kappa shape index (κ2) is 6.31. The normalized spacial score (nSPS) is 11.3. The lowest BCUT2D eigenvalue weighted by Crippen LogP contribution is -2.24. The highest BCUT2D eigenvalue weighted by molar-refractivity contribution is 7.80. The van der Waals surface area contributed by atoms with E-state index in [0.717, 1.165) is 6.07 Å². The second-order valence-electron chi connectivity index (χ2n) is 4.65. The molecule has 0 atom stereocenters. The van der Waals surface area contributed by atoms with Crippen LogP contribution in [0.15, 0.2) is 47.4 Å². The van der Waals surface area contributed by atoms with Gasteiger partial charge >= 0.3 is 6.18 Å². The first-order valence-corrected chi connectivity index (χ1v) is 6.75. The van der Waals surface area contributed by atoms with Gasteiger partial charge in [-0.3, -0.25) is 4.79 Å². The number of nitrogens with two attached hydrogens (primary N) is 1. The fourth-order valence-corrected chi connectivity index (χ4v) is 2.28. The number of alkyl halides is 3. The smallest absolute Gasteiger partial charge is 0.399 e. The van der Waals surface area contributed by atoms with Crippen LogP contribution in [0.1, 0.15) is 21.5 Å². The number of anilines is 1. The molecule has 116 valence electrons. The molecule has 2 rings (SSSR count). The van der Waals surface area contributed by atoms with Crippen molar-refractivity contribution in [3.63, 3.8) is 0 Å². The fourth-order valence-electron chi connectivity index (χ4n) is 1.99. The quantitative estimate of drug-likeness (QED) is 0.597. The van der Waals surface area contributed by atoms with Crippen molar-refractivity contribution in [1.29, 1.82) is 0 Å². The molecular weight excluding hydrogens is 313 g/mol. The number of carbonyl (C=O) groups is 1. The van der Waals surface area contributed by atoms with Crippen molar-refractivity contribution in [3.8, 4) is 0 Å². The number of halogens is 3. The van der Waals surface area contributed by atoms with E-state index < -0.39 is 17.6 Å². The molecule has 7 heteroatoms. The number of thiol groups is 1. The minimum Gasteiger partial charge on any atom is -0.399 e. The van der Waals surface area contributed by atoms with E-state index in [0.29, 0.717) is 10.6 Å². The van der Waals surface area contributed by atoms with Gasteiger partial charge in [0.2, 0.25) is 0 Å². The van der Waals surface area contributed by atoms with Crippen LogP contribution in [-0.2, 0) is 12.7 Å². The van der Waals surface area contributed by atoms with Crippen LogP contribution < -0.4 is 11.1 Å². The molecule has 0 aliphatic carbocycles. The molecule has 0 saturated heterocycles. The molecule has 0 fully saturated rings. The molecule has 0 aliphatic heterocycles. The minimum absolute atomic E-state index is 0.00153. The predicted molar refractivity (Wildman–Crippen MR) is 80.7 cm³/mol. The summed E-state index contributed by atoms with van der Waals surface area (Å²) in [6.07, 6.45) is -4.46. The van der Waals surface area contributed by atoms with Crippen LogP contribution in [0.2, 0.25) is 0 Å². The summed E-state index contributed by atoms with van der Waals surface area (Å²) in [5.74, 6) is -0.514. The van der Waals surface area contributed by atoms with Gasteiger partial charge < -0.3 is 11.1 Å². The Balaban J connectivity index is 2.15. The van der Waals surface area contributed by atoms with E-state index in [-0.39, 0.29) is 17.7 Å². The summed E-state index contributed by atoms with van der Waals surface area (Å²) >= 11 is 4.10. The van der Waals surface area contributed by atoms with E-state index in [1.54, 1.807) is 6.07 Å². The molecule has 0 bridgehead atoms. The number of nitrogens with one attached hydrogen (secondary N) is 1. The Morgan fingerprint density at radius 3 is 2.50 bits per heavy atom. The molecule has 0 aliphatic rings. The predicted octanol–water partition coefficient (Wildman–Crippen LogP) is 3.51. The van der Waals surface area contributed by atoms with E-state index in [9.17, 15) is 18.0 Å². The SMILES string of the molecule is Nc1cc(S)cc(C(=O)NCc2ccccc2C(F)(F)F)c1. The highest BCUT2D eigenvalue weighted by atomic mass is 32.1. The summed E-state index contributed by atoms with van der Waals surface area (Å²) in [5, 5.41) is 2.45. The Morgan fingerprint density at radius 2 is 1.86 bits per heavy atom. The van der Waals surface area contributed by atoms with E-state index in [2.05, 4.69) is 17.9 Å². The van der Waals surface area contributed by atoms with Crippen LogP contribution in [0.25, 0.3) is 0 Å². The summed E-state index contributed by atoms with van der Waals surface area (Å²) in [6.45, 7) is -0.231. The average molecular weight is 326 g/mol. The Morgan fingerprint density at radius 1 is 1.18 bits per heavy atom. The maximum atomic E-state index is 12.9. The van der Waals surface area contributed by atoms with Gasteiger partial charge in [0.05, 0.1) is 5.56 Å². The molecule has 0 heterocycles. The molecule has 1 amide bonds. The van der Waals surface area contributed by atoms with Crippen LogP contribution in [0.4, 0.5) is 18.9 Å². The van der Waals surface area contributed by atoms with Gasteiger partial charge in [-0.2, -0.15) is 13.2 Å². The monoisotopic (exact) mass is 326 g/mol. The summed E-state index contributed by atoms with van der Waals surface area (Å²) in [7, 11) is 0. The van der Waals surface area contributed by atoms with Crippen LogP contribution in [0.5, 0.6) is 0 Å². The van der Waals surface area contributed by atoms with Gasteiger partial charge in [0.1, 0.15) is 0 Å². The molecular formula is C15H13F3N2OS. The van der Waals surface area contributed by atoms with Crippen LogP contribution in [-0.4, -0.2) is 5.91 Å². The number of nitrogen functional groups attached to an aromatic ring is 1. The van der Waals surface area contributed by atoms with Crippen molar-refractivity contribution >= 4 is 24.2 Å². The molecule has 0 saturated carbocycles. The standard InChI is InChI=1S/C15H13F3N2OS/c16-15(17,18)13-4-2-1-3-9(13)8-20-14(21)10-5-11(19)7-12(22)6-10/h1-7,22H,8,19H2,(H,20,21). The maximum Gasteiger partial charge on any atom is 0.416 e.